The molecule has 0 spiro atoms. The van der Waals surface area contributed by atoms with E-state index in [-0.39, 0.29) is 0 Å². The molecule has 3 heteroatoms. The lowest BCUT2D eigenvalue weighted by Crippen LogP contribution is -2.01. The van der Waals surface area contributed by atoms with Gasteiger partial charge in [-0.25, -0.2) is 0 Å². The summed E-state index contributed by atoms with van der Waals surface area (Å²) in [7, 11) is 0. The van der Waals surface area contributed by atoms with Crippen molar-refractivity contribution >= 4 is 16.6 Å². The molecule has 0 saturated carbocycles. The number of para-hydroxylation sites is 1. The minimum absolute atomic E-state index is 0.663. The highest BCUT2D eigenvalue weighted by atomic mass is 14.9. The Bertz CT molecular complexity index is 831. The van der Waals surface area contributed by atoms with Gasteiger partial charge in [0.05, 0.1) is 16.8 Å². The first-order chi connectivity index (χ1) is 10.3. The van der Waals surface area contributed by atoms with E-state index in [1.165, 1.54) is 5.56 Å². The Morgan fingerprint density at radius 2 is 1.95 bits per heavy atom. The predicted molar refractivity (Wildman–Crippen MR) is 85.0 cm³/mol. The van der Waals surface area contributed by atoms with Crippen LogP contribution in [0.4, 0.5) is 5.69 Å². The molecule has 0 amide bonds. The largest absolute Gasteiger partial charge is 0.380 e. The third kappa shape index (κ3) is 2.85. The number of pyridine rings is 1. The van der Waals surface area contributed by atoms with Crippen LogP contribution in [0.15, 0.2) is 54.6 Å². The molecule has 1 aromatic heterocycles. The van der Waals surface area contributed by atoms with E-state index in [9.17, 15) is 0 Å². The second-order valence-electron chi connectivity index (χ2n) is 4.99. The maximum atomic E-state index is 9.08. The van der Waals surface area contributed by atoms with Crippen LogP contribution >= 0.6 is 0 Å². The molecule has 2 aromatic carbocycles. The molecule has 0 bridgehead atoms. The second kappa shape index (κ2) is 5.64. The summed E-state index contributed by atoms with van der Waals surface area (Å²) in [5.41, 5.74) is 4.73. The zero-order valence-corrected chi connectivity index (χ0v) is 11.8. The van der Waals surface area contributed by atoms with Gasteiger partial charge in [0.2, 0.25) is 0 Å². The van der Waals surface area contributed by atoms with Crippen LogP contribution in [0.25, 0.3) is 10.9 Å². The van der Waals surface area contributed by atoms with Crippen LogP contribution in [0.3, 0.4) is 0 Å². The molecule has 3 rings (SSSR count). The van der Waals surface area contributed by atoms with E-state index in [4.69, 9.17) is 5.26 Å². The number of nitrogens with zero attached hydrogens (tertiary/aromatic N) is 2. The Morgan fingerprint density at radius 3 is 2.81 bits per heavy atom. The van der Waals surface area contributed by atoms with Gasteiger partial charge in [0.25, 0.3) is 0 Å². The summed E-state index contributed by atoms with van der Waals surface area (Å²) in [6.07, 6.45) is 0. The normalized spacial score (nSPS) is 10.3. The summed E-state index contributed by atoms with van der Waals surface area (Å²) in [6.45, 7) is 2.68. The molecule has 0 aliphatic heterocycles. The smallest absolute Gasteiger partial charge is 0.101 e. The van der Waals surface area contributed by atoms with Gasteiger partial charge in [0.1, 0.15) is 6.07 Å². The summed E-state index contributed by atoms with van der Waals surface area (Å²) in [6, 6.07) is 20.1. The van der Waals surface area contributed by atoms with Crippen LogP contribution in [0.5, 0.6) is 0 Å². The molecular formula is C18H15N3. The van der Waals surface area contributed by atoms with Gasteiger partial charge in [-0.2, -0.15) is 5.26 Å². The Morgan fingerprint density at radius 1 is 1.10 bits per heavy atom. The maximum absolute atomic E-state index is 9.08. The van der Waals surface area contributed by atoms with Crippen LogP contribution in [0, 0.1) is 18.3 Å². The first kappa shape index (κ1) is 13.1. The van der Waals surface area contributed by atoms with E-state index >= 15 is 0 Å². The van der Waals surface area contributed by atoms with Crippen molar-refractivity contribution in [1.29, 1.82) is 5.26 Å². The highest BCUT2D eigenvalue weighted by Crippen LogP contribution is 2.18. The Hall–Kier alpha value is -2.86. The average Bonchev–Trinajstić information content (AvgIpc) is 2.53. The molecule has 0 radical (unpaired) electrons. The third-order valence-corrected chi connectivity index (χ3v) is 3.42. The zero-order chi connectivity index (χ0) is 14.7. The van der Waals surface area contributed by atoms with E-state index in [0.29, 0.717) is 12.1 Å². The Labute approximate surface area is 123 Å². The number of hydrogen-bond acceptors (Lipinski definition) is 3. The fraction of sp³-hybridized carbons (Fsp3) is 0.111. The van der Waals surface area contributed by atoms with Gasteiger partial charge >= 0.3 is 0 Å². The van der Waals surface area contributed by atoms with E-state index in [0.717, 1.165) is 22.3 Å². The van der Waals surface area contributed by atoms with E-state index in [1.807, 2.05) is 43.3 Å². The van der Waals surface area contributed by atoms with Crippen molar-refractivity contribution in [2.75, 3.05) is 5.32 Å². The number of aryl methyl sites for hydroxylation is 1. The number of rotatable bonds is 3. The Balaban J connectivity index is 1.82. The fourth-order valence-electron chi connectivity index (χ4n) is 2.32. The highest BCUT2D eigenvalue weighted by molar-refractivity contribution is 5.79. The lowest BCUT2D eigenvalue weighted by atomic mass is 10.1. The van der Waals surface area contributed by atoms with Crippen molar-refractivity contribution in [3.63, 3.8) is 0 Å². The molecule has 0 unspecified atom stereocenters. The van der Waals surface area contributed by atoms with E-state index in [1.54, 1.807) is 0 Å². The van der Waals surface area contributed by atoms with Gasteiger partial charge < -0.3 is 5.32 Å². The minimum Gasteiger partial charge on any atom is -0.380 e. The van der Waals surface area contributed by atoms with Gasteiger partial charge in [-0.3, -0.25) is 4.98 Å². The molecule has 3 aromatic rings. The average molecular weight is 273 g/mol. The quantitative estimate of drug-likeness (QED) is 0.783. The summed E-state index contributed by atoms with van der Waals surface area (Å²) in [5.74, 6) is 0. The van der Waals surface area contributed by atoms with Gasteiger partial charge in [-0.05, 0) is 42.8 Å². The summed E-state index contributed by atoms with van der Waals surface area (Å²) < 4.78 is 0. The van der Waals surface area contributed by atoms with Gasteiger partial charge in [0, 0.05) is 17.6 Å². The van der Waals surface area contributed by atoms with Crippen LogP contribution in [-0.4, -0.2) is 4.98 Å². The molecule has 21 heavy (non-hydrogen) atoms. The summed E-state index contributed by atoms with van der Waals surface area (Å²) in [4.78, 5) is 4.50. The number of anilines is 1. The molecule has 0 saturated heterocycles. The highest BCUT2D eigenvalue weighted by Gasteiger charge is 2.02. The summed E-state index contributed by atoms with van der Waals surface area (Å²) in [5, 5.41) is 13.5. The van der Waals surface area contributed by atoms with Crippen molar-refractivity contribution in [1.82, 2.24) is 4.98 Å². The number of aromatic nitrogens is 1. The number of benzene rings is 2. The first-order valence-corrected chi connectivity index (χ1v) is 6.85. The topological polar surface area (TPSA) is 48.7 Å². The number of nitriles is 1. The molecule has 0 fully saturated rings. The summed E-state index contributed by atoms with van der Waals surface area (Å²) >= 11 is 0. The number of hydrogen-bond donors (Lipinski definition) is 1. The molecule has 3 nitrogen and oxygen atoms in total. The van der Waals surface area contributed by atoms with Crippen molar-refractivity contribution in [2.24, 2.45) is 0 Å². The molecule has 1 heterocycles. The van der Waals surface area contributed by atoms with Crippen LogP contribution in [-0.2, 0) is 6.54 Å². The number of nitrogens with one attached hydrogen (secondary N) is 1. The second-order valence-corrected chi connectivity index (χ2v) is 4.99. The van der Waals surface area contributed by atoms with Crippen LogP contribution < -0.4 is 5.32 Å². The number of fused-ring (bicyclic) bond motifs is 1. The van der Waals surface area contributed by atoms with Gasteiger partial charge in [-0.1, -0.05) is 24.3 Å². The monoisotopic (exact) mass is 273 g/mol. The standard InChI is InChI=1S/C18H15N3/c1-13-6-8-15-10-14(7-9-18(15)21-13)12-20-17-5-3-2-4-16(17)11-19/h2-10,20H,12H2,1H3. The molecule has 0 aliphatic rings. The third-order valence-electron chi connectivity index (χ3n) is 3.42. The lowest BCUT2D eigenvalue weighted by Gasteiger charge is -2.09. The van der Waals surface area contributed by atoms with Gasteiger partial charge in [0.15, 0.2) is 0 Å². The predicted octanol–water partition coefficient (Wildman–Crippen LogP) is 4.03. The van der Waals surface area contributed by atoms with Crippen LogP contribution in [0.1, 0.15) is 16.8 Å². The van der Waals surface area contributed by atoms with E-state index in [2.05, 4.69) is 34.6 Å². The van der Waals surface area contributed by atoms with E-state index < -0.39 is 0 Å². The SMILES string of the molecule is Cc1ccc2cc(CNc3ccccc3C#N)ccc2n1. The van der Waals surface area contributed by atoms with Crippen molar-refractivity contribution in [2.45, 2.75) is 13.5 Å². The zero-order valence-electron chi connectivity index (χ0n) is 11.8. The van der Waals surface area contributed by atoms with Gasteiger partial charge in [-0.15, -0.1) is 0 Å². The maximum Gasteiger partial charge on any atom is 0.101 e. The van der Waals surface area contributed by atoms with Crippen molar-refractivity contribution in [3.8, 4) is 6.07 Å². The Kier molecular flexibility index (Phi) is 3.53. The molecule has 1 N–H and O–H groups in total. The van der Waals surface area contributed by atoms with Crippen molar-refractivity contribution < 1.29 is 0 Å². The fourth-order valence-corrected chi connectivity index (χ4v) is 2.32. The molecule has 0 atom stereocenters. The van der Waals surface area contributed by atoms with Crippen LogP contribution in [0.2, 0.25) is 0 Å². The lowest BCUT2D eigenvalue weighted by molar-refractivity contribution is 1.15. The molecule has 0 aliphatic carbocycles. The minimum atomic E-state index is 0.663. The first-order valence-electron chi connectivity index (χ1n) is 6.85. The molecule has 102 valence electrons. The van der Waals surface area contributed by atoms with Crippen molar-refractivity contribution in [3.05, 3.63) is 71.4 Å². The molecular weight excluding hydrogens is 258 g/mol.